The van der Waals surface area contributed by atoms with E-state index < -0.39 is 6.10 Å². The molecule has 0 saturated heterocycles. The van der Waals surface area contributed by atoms with Crippen molar-refractivity contribution in [3.05, 3.63) is 12.2 Å². The third kappa shape index (κ3) is 4.42. The second-order valence-electron chi connectivity index (χ2n) is 3.81. The fraction of sp³-hybridized carbons (Fsp3) is 0.727. The number of aliphatic hydroxyl groups is 1. The number of esters is 1. The molecule has 0 bridgehead atoms. The molecule has 0 fully saturated rings. The maximum Gasteiger partial charge on any atom is 0.330 e. The molecule has 0 aliphatic carbocycles. The maximum atomic E-state index is 11.1. The average molecular weight is 198 g/mol. The zero-order chi connectivity index (χ0) is 10.4. The van der Waals surface area contributed by atoms with Crippen LogP contribution in [0, 0.1) is 0 Å². The Morgan fingerprint density at radius 3 is 2.86 bits per heavy atom. The fourth-order valence-corrected chi connectivity index (χ4v) is 1.54. The lowest BCUT2D eigenvalue weighted by molar-refractivity contribution is -0.142. The topological polar surface area (TPSA) is 46.5 Å². The van der Waals surface area contributed by atoms with Crippen LogP contribution in [0.15, 0.2) is 12.2 Å². The van der Waals surface area contributed by atoms with Gasteiger partial charge in [0.25, 0.3) is 0 Å². The van der Waals surface area contributed by atoms with Crippen molar-refractivity contribution in [2.24, 2.45) is 0 Å². The van der Waals surface area contributed by atoms with Gasteiger partial charge in [0, 0.05) is 6.08 Å². The Kier molecular flexibility index (Phi) is 4.66. The van der Waals surface area contributed by atoms with Crippen LogP contribution >= 0.6 is 0 Å². The zero-order valence-electron chi connectivity index (χ0n) is 8.61. The maximum absolute atomic E-state index is 11.1. The molecular formula is C11H18O3. The molecule has 1 rings (SSSR count). The van der Waals surface area contributed by atoms with Crippen molar-refractivity contribution in [3.8, 4) is 0 Å². The summed E-state index contributed by atoms with van der Waals surface area (Å²) in [5, 5.41) is 9.41. The Hall–Kier alpha value is -0.830. The van der Waals surface area contributed by atoms with Crippen LogP contribution in [0.2, 0.25) is 0 Å². The van der Waals surface area contributed by atoms with Crippen LogP contribution in [0.4, 0.5) is 0 Å². The van der Waals surface area contributed by atoms with Crippen molar-refractivity contribution in [2.75, 3.05) is 0 Å². The van der Waals surface area contributed by atoms with Gasteiger partial charge in [0.15, 0.2) is 0 Å². The average Bonchev–Trinajstić information content (AvgIpc) is 2.15. The summed E-state index contributed by atoms with van der Waals surface area (Å²) in [6.07, 6.45) is 7.12. The zero-order valence-corrected chi connectivity index (χ0v) is 8.61. The molecule has 80 valence electrons. The predicted molar refractivity (Wildman–Crippen MR) is 53.8 cm³/mol. The molecule has 0 radical (unpaired) electrons. The first kappa shape index (κ1) is 11.2. The largest absolute Gasteiger partial charge is 0.460 e. The van der Waals surface area contributed by atoms with Gasteiger partial charge in [-0.25, -0.2) is 4.79 Å². The molecule has 1 N–H and O–H groups in total. The number of aliphatic hydroxyl groups excluding tert-OH is 1. The van der Waals surface area contributed by atoms with E-state index in [4.69, 9.17) is 4.74 Å². The molecule has 0 unspecified atom stereocenters. The van der Waals surface area contributed by atoms with Gasteiger partial charge in [0.1, 0.15) is 0 Å². The molecule has 0 saturated carbocycles. The summed E-state index contributed by atoms with van der Waals surface area (Å²) in [7, 11) is 0. The number of cyclic esters (lactones) is 1. The van der Waals surface area contributed by atoms with Gasteiger partial charge in [-0.3, -0.25) is 0 Å². The molecular weight excluding hydrogens is 180 g/mol. The predicted octanol–water partition coefficient (Wildman–Crippen LogP) is 1.80. The van der Waals surface area contributed by atoms with E-state index in [0.717, 1.165) is 32.1 Å². The van der Waals surface area contributed by atoms with E-state index >= 15 is 0 Å². The first-order chi connectivity index (χ1) is 6.68. The number of hydrogen-bond acceptors (Lipinski definition) is 3. The van der Waals surface area contributed by atoms with Crippen LogP contribution in [0.1, 0.15) is 39.0 Å². The van der Waals surface area contributed by atoms with E-state index in [2.05, 4.69) is 0 Å². The monoisotopic (exact) mass is 198 g/mol. The Bertz CT molecular complexity index is 211. The normalized spacial score (nSPS) is 32.9. The van der Waals surface area contributed by atoms with Gasteiger partial charge >= 0.3 is 5.97 Å². The molecule has 0 spiro atoms. The van der Waals surface area contributed by atoms with Crippen LogP contribution in [-0.2, 0) is 9.53 Å². The van der Waals surface area contributed by atoms with Crippen molar-refractivity contribution < 1.29 is 14.6 Å². The first-order valence-electron chi connectivity index (χ1n) is 5.25. The molecule has 0 aromatic rings. The third-order valence-electron chi connectivity index (χ3n) is 2.38. The minimum absolute atomic E-state index is 0.0117. The molecule has 1 aliphatic rings. The molecule has 0 amide bonds. The lowest BCUT2D eigenvalue weighted by Gasteiger charge is -2.10. The molecule has 0 aromatic carbocycles. The molecule has 1 aliphatic heterocycles. The van der Waals surface area contributed by atoms with Crippen LogP contribution in [0.3, 0.4) is 0 Å². The van der Waals surface area contributed by atoms with Crippen LogP contribution < -0.4 is 0 Å². The van der Waals surface area contributed by atoms with Gasteiger partial charge in [-0.1, -0.05) is 12.8 Å². The fourth-order valence-electron chi connectivity index (χ4n) is 1.54. The first-order valence-corrected chi connectivity index (χ1v) is 5.25. The third-order valence-corrected chi connectivity index (χ3v) is 2.38. The van der Waals surface area contributed by atoms with Gasteiger partial charge in [-0.2, -0.15) is 0 Å². The van der Waals surface area contributed by atoms with Crippen molar-refractivity contribution in [2.45, 2.75) is 51.2 Å². The molecule has 2 atom stereocenters. The number of carbonyl (C=O) groups excluding carboxylic acids is 1. The van der Waals surface area contributed by atoms with E-state index in [9.17, 15) is 9.90 Å². The van der Waals surface area contributed by atoms with Gasteiger partial charge in [-0.05, 0) is 32.3 Å². The lowest BCUT2D eigenvalue weighted by Crippen LogP contribution is -2.12. The number of hydrogen-bond donors (Lipinski definition) is 1. The van der Waals surface area contributed by atoms with Crippen molar-refractivity contribution in [1.82, 2.24) is 0 Å². The summed E-state index contributed by atoms with van der Waals surface area (Å²) in [4.78, 5) is 11.1. The highest BCUT2D eigenvalue weighted by atomic mass is 16.5. The SMILES string of the molecule is C[C@@H]1CCCCC[C@H](O)/C=C\C(=O)O1. The Balaban J connectivity index is 2.50. The number of rotatable bonds is 0. The van der Waals surface area contributed by atoms with Crippen molar-refractivity contribution >= 4 is 5.97 Å². The van der Waals surface area contributed by atoms with E-state index in [-0.39, 0.29) is 12.1 Å². The quantitative estimate of drug-likeness (QED) is 0.604. The second-order valence-corrected chi connectivity index (χ2v) is 3.81. The molecule has 1 heterocycles. The standard InChI is InChI=1S/C11H18O3/c1-9-5-3-2-4-6-10(12)7-8-11(13)14-9/h7-10,12H,2-6H2,1H3/b8-7-/t9-,10+/m1/s1. The lowest BCUT2D eigenvalue weighted by atomic mass is 10.1. The van der Waals surface area contributed by atoms with Gasteiger partial charge in [0.2, 0.25) is 0 Å². The minimum Gasteiger partial charge on any atom is -0.460 e. The smallest absolute Gasteiger partial charge is 0.330 e. The van der Waals surface area contributed by atoms with E-state index in [1.54, 1.807) is 0 Å². The van der Waals surface area contributed by atoms with E-state index in [1.165, 1.54) is 12.2 Å². The van der Waals surface area contributed by atoms with Crippen LogP contribution in [0.5, 0.6) is 0 Å². The summed E-state index contributed by atoms with van der Waals surface area (Å²) >= 11 is 0. The van der Waals surface area contributed by atoms with E-state index in [1.807, 2.05) is 6.92 Å². The minimum atomic E-state index is -0.504. The molecule has 3 heteroatoms. The summed E-state index contributed by atoms with van der Waals surface area (Å²) < 4.78 is 5.09. The van der Waals surface area contributed by atoms with Gasteiger partial charge in [-0.15, -0.1) is 0 Å². The summed E-state index contributed by atoms with van der Waals surface area (Å²) in [6.45, 7) is 1.90. The van der Waals surface area contributed by atoms with E-state index in [0.29, 0.717) is 0 Å². The Morgan fingerprint density at radius 2 is 2.07 bits per heavy atom. The Labute approximate surface area is 84.8 Å². The highest BCUT2D eigenvalue weighted by molar-refractivity contribution is 5.82. The van der Waals surface area contributed by atoms with Gasteiger partial charge in [0.05, 0.1) is 12.2 Å². The molecule has 0 aromatic heterocycles. The highest BCUT2D eigenvalue weighted by Gasteiger charge is 2.09. The van der Waals surface area contributed by atoms with Crippen LogP contribution in [-0.4, -0.2) is 23.3 Å². The van der Waals surface area contributed by atoms with Crippen LogP contribution in [0.25, 0.3) is 0 Å². The number of carbonyl (C=O) groups is 1. The molecule has 14 heavy (non-hydrogen) atoms. The molecule has 3 nitrogen and oxygen atoms in total. The van der Waals surface area contributed by atoms with Gasteiger partial charge < -0.3 is 9.84 Å². The highest BCUT2D eigenvalue weighted by Crippen LogP contribution is 2.11. The number of ether oxygens (including phenoxy) is 1. The summed E-state index contributed by atoms with van der Waals surface area (Å²) in [6, 6.07) is 0. The second kappa shape index (κ2) is 5.81. The van der Waals surface area contributed by atoms with Crippen molar-refractivity contribution in [3.63, 3.8) is 0 Å². The summed E-state index contributed by atoms with van der Waals surface area (Å²) in [5.74, 6) is -0.349. The summed E-state index contributed by atoms with van der Waals surface area (Å²) in [5.41, 5.74) is 0. The van der Waals surface area contributed by atoms with Crippen molar-refractivity contribution in [1.29, 1.82) is 0 Å². The Morgan fingerprint density at radius 1 is 1.36 bits per heavy atom.